The van der Waals surface area contributed by atoms with Gasteiger partial charge in [0.1, 0.15) is 15.8 Å². The first kappa shape index (κ1) is 8.00. The zero-order valence-corrected chi connectivity index (χ0v) is 8.78. The molecule has 0 unspecified atom stereocenters. The van der Waals surface area contributed by atoms with Crippen LogP contribution in [-0.2, 0) is 0 Å². The van der Waals surface area contributed by atoms with Gasteiger partial charge in [-0.15, -0.1) is 0 Å². The second kappa shape index (κ2) is 2.82. The van der Waals surface area contributed by atoms with Crippen molar-refractivity contribution >= 4 is 37.9 Å². The Kier molecular flexibility index (Phi) is 1.61. The molecule has 0 aliphatic heterocycles. The van der Waals surface area contributed by atoms with Crippen LogP contribution in [0.3, 0.4) is 0 Å². The SMILES string of the molecule is Brc1cc2oc3ccccc3c2cn1. The molecule has 0 aliphatic rings. The standard InChI is InChI=1S/C11H6BrNO/c12-11-5-10-8(6-13-11)7-3-1-2-4-9(7)14-10/h1-6H. The Balaban J connectivity index is 2.57. The molecule has 68 valence electrons. The first-order chi connectivity index (χ1) is 6.84. The molecule has 0 bridgehead atoms. The Bertz CT molecular complexity index is 615. The number of halogens is 1. The van der Waals surface area contributed by atoms with Gasteiger partial charge in [-0.2, -0.15) is 0 Å². The molecule has 2 nitrogen and oxygen atoms in total. The highest BCUT2D eigenvalue weighted by Crippen LogP contribution is 2.28. The van der Waals surface area contributed by atoms with Crippen molar-refractivity contribution in [1.82, 2.24) is 4.98 Å². The lowest BCUT2D eigenvalue weighted by Gasteiger charge is -1.88. The van der Waals surface area contributed by atoms with E-state index in [9.17, 15) is 0 Å². The predicted molar refractivity (Wildman–Crippen MR) is 59.2 cm³/mol. The van der Waals surface area contributed by atoms with Crippen molar-refractivity contribution in [3.8, 4) is 0 Å². The number of para-hydroxylation sites is 1. The van der Waals surface area contributed by atoms with E-state index in [-0.39, 0.29) is 0 Å². The van der Waals surface area contributed by atoms with E-state index in [1.54, 1.807) is 0 Å². The van der Waals surface area contributed by atoms with E-state index in [0.717, 1.165) is 26.5 Å². The summed E-state index contributed by atoms with van der Waals surface area (Å²) in [7, 11) is 0. The molecule has 0 atom stereocenters. The molecule has 0 spiro atoms. The van der Waals surface area contributed by atoms with Crippen LogP contribution in [0.15, 0.2) is 45.5 Å². The van der Waals surface area contributed by atoms with E-state index >= 15 is 0 Å². The smallest absolute Gasteiger partial charge is 0.139 e. The fourth-order valence-electron chi connectivity index (χ4n) is 1.60. The molecular formula is C11H6BrNO. The lowest BCUT2D eigenvalue weighted by atomic mass is 10.2. The van der Waals surface area contributed by atoms with Crippen molar-refractivity contribution in [1.29, 1.82) is 0 Å². The fourth-order valence-corrected chi connectivity index (χ4v) is 1.91. The second-order valence-electron chi connectivity index (χ2n) is 3.10. The molecule has 0 N–H and O–H groups in total. The van der Waals surface area contributed by atoms with Crippen LogP contribution < -0.4 is 0 Å². The average Bonchev–Trinajstić information content (AvgIpc) is 2.54. The molecule has 3 heteroatoms. The third-order valence-electron chi connectivity index (χ3n) is 2.23. The molecule has 2 heterocycles. The summed E-state index contributed by atoms with van der Waals surface area (Å²) >= 11 is 3.32. The minimum absolute atomic E-state index is 0.795. The third kappa shape index (κ3) is 1.06. The number of rotatable bonds is 0. The molecule has 2 aromatic heterocycles. The van der Waals surface area contributed by atoms with Crippen molar-refractivity contribution in [2.24, 2.45) is 0 Å². The van der Waals surface area contributed by atoms with Gasteiger partial charge in [-0.25, -0.2) is 4.98 Å². The van der Waals surface area contributed by atoms with Gasteiger partial charge >= 0.3 is 0 Å². The highest BCUT2D eigenvalue weighted by molar-refractivity contribution is 9.10. The summed E-state index contributed by atoms with van der Waals surface area (Å²) in [6.45, 7) is 0. The molecule has 0 amide bonds. The number of hydrogen-bond acceptors (Lipinski definition) is 2. The topological polar surface area (TPSA) is 26.0 Å². The van der Waals surface area contributed by atoms with Crippen LogP contribution >= 0.6 is 15.9 Å². The van der Waals surface area contributed by atoms with Crippen molar-refractivity contribution in [2.45, 2.75) is 0 Å². The summed E-state index contributed by atoms with van der Waals surface area (Å²) in [6.07, 6.45) is 1.82. The maximum Gasteiger partial charge on any atom is 0.139 e. The molecule has 0 radical (unpaired) electrons. The average molecular weight is 248 g/mol. The number of nitrogens with zero attached hydrogens (tertiary/aromatic N) is 1. The van der Waals surface area contributed by atoms with E-state index in [1.165, 1.54) is 0 Å². The van der Waals surface area contributed by atoms with Crippen LogP contribution in [0.5, 0.6) is 0 Å². The van der Waals surface area contributed by atoms with Crippen LogP contribution in [0.2, 0.25) is 0 Å². The van der Waals surface area contributed by atoms with Gasteiger partial charge in [-0.05, 0) is 22.0 Å². The highest BCUT2D eigenvalue weighted by atomic mass is 79.9. The van der Waals surface area contributed by atoms with Gasteiger partial charge in [0.25, 0.3) is 0 Å². The Morgan fingerprint density at radius 2 is 1.93 bits per heavy atom. The zero-order valence-electron chi connectivity index (χ0n) is 7.20. The van der Waals surface area contributed by atoms with Gasteiger partial charge in [0, 0.05) is 23.0 Å². The summed E-state index contributed by atoms with van der Waals surface area (Å²) < 4.78 is 6.46. The van der Waals surface area contributed by atoms with E-state index in [4.69, 9.17) is 4.42 Å². The predicted octanol–water partition coefficient (Wildman–Crippen LogP) is 3.74. The van der Waals surface area contributed by atoms with Crippen LogP contribution in [0.4, 0.5) is 0 Å². The molecular weight excluding hydrogens is 242 g/mol. The summed E-state index contributed by atoms with van der Waals surface area (Å²) in [6, 6.07) is 9.85. The summed E-state index contributed by atoms with van der Waals surface area (Å²) in [4.78, 5) is 4.19. The third-order valence-corrected chi connectivity index (χ3v) is 2.66. The van der Waals surface area contributed by atoms with Gasteiger partial charge in [-0.3, -0.25) is 0 Å². The molecule has 1 aromatic carbocycles. The minimum Gasteiger partial charge on any atom is -0.456 e. The van der Waals surface area contributed by atoms with Crippen molar-refractivity contribution in [2.75, 3.05) is 0 Å². The number of hydrogen-bond donors (Lipinski definition) is 0. The van der Waals surface area contributed by atoms with Gasteiger partial charge in [-0.1, -0.05) is 18.2 Å². The number of pyridine rings is 1. The summed E-state index contributed by atoms with van der Waals surface area (Å²) in [5.41, 5.74) is 1.77. The Morgan fingerprint density at radius 3 is 2.86 bits per heavy atom. The van der Waals surface area contributed by atoms with Gasteiger partial charge < -0.3 is 4.42 Å². The molecule has 0 fully saturated rings. The van der Waals surface area contributed by atoms with Crippen molar-refractivity contribution in [3.63, 3.8) is 0 Å². The number of benzene rings is 1. The minimum atomic E-state index is 0.795. The maximum atomic E-state index is 5.66. The second-order valence-corrected chi connectivity index (χ2v) is 3.91. The van der Waals surface area contributed by atoms with Crippen LogP contribution in [0.1, 0.15) is 0 Å². The molecule has 0 aliphatic carbocycles. The van der Waals surface area contributed by atoms with E-state index < -0.39 is 0 Å². The van der Waals surface area contributed by atoms with Crippen LogP contribution in [0.25, 0.3) is 21.9 Å². The quantitative estimate of drug-likeness (QED) is 0.566. The molecule has 3 aromatic rings. The largest absolute Gasteiger partial charge is 0.456 e. The molecule has 14 heavy (non-hydrogen) atoms. The normalized spacial score (nSPS) is 11.2. The zero-order chi connectivity index (χ0) is 9.54. The Hall–Kier alpha value is -1.35. The van der Waals surface area contributed by atoms with E-state index in [1.807, 2.05) is 36.5 Å². The molecule has 0 saturated heterocycles. The monoisotopic (exact) mass is 247 g/mol. The van der Waals surface area contributed by atoms with E-state index in [0.29, 0.717) is 0 Å². The van der Waals surface area contributed by atoms with Gasteiger partial charge in [0.15, 0.2) is 0 Å². The van der Waals surface area contributed by atoms with Gasteiger partial charge in [0.05, 0.1) is 0 Å². The van der Waals surface area contributed by atoms with Crippen LogP contribution in [0, 0.1) is 0 Å². The highest BCUT2D eigenvalue weighted by Gasteiger charge is 2.05. The number of aromatic nitrogens is 1. The lowest BCUT2D eigenvalue weighted by Crippen LogP contribution is -1.72. The van der Waals surface area contributed by atoms with Gasteiger partial charge in [0.2, 0.25) is 0 Å². The lowest BCUT2D eigenvalue weighted by molar-refractivity contribution is 0.668. The maximum absolute atomic E-state index is 5.66. The molecule has 3 rings (SSSR count). The first-order valence-corrected chi connectivity index (χ1v) is 5.07. The van der Waals surface area contributed by atoms with Crippen molar-refractivity contribution < 1.29 is 4.42 Å². The number of furan rings is 1. The fraction of sp³-hybridized carbons (Fsp3) is 0. The van der Waals surface area contributed by atoms with Crippen molar-refractivity contribution in [3.05, 3.63) is 41.1 Å². The van der Waals surface area contributed by atoms with Crippen LogP contribution in [-0.4, -0.2) is 4.98 Å². The summed E-state index contributed by atoms with van der Waals surface area (Å²) in [5, 5.41) is 2.17. The molecule has 0 saturated carbocycles. The summed E-state index contributed by atoms with van der Waals surface area (Å²) in [5.74, 6) is 0. The Labute approximate surface area is 88.7 Å². The first-order valence-electron chi connectivity index (χ1n) is 4.27. The van der Waals surface area contributed by atoms with E-state index in [2.05, 4.69) is 20.9 Å². The number of fused-ring (bicyclic) bond motifs is 3. The Morgan fingerprint density at radius 1 is 1.07 bits per heavy atom.